The minimum absolute atomic E-state index is 0.150. The van der Waals surface area contributed by atoms with Gasteiger partial charge in [0.25, 0.3) is 0 Å². The first-order chi connectivity index (χ1) is 8.06. The third-order valence-electron chi connectivity index (χ3n) is 2.38. The highest BCUT2D eigenvalue weighted by atomic mass is 35.5. The van der Waals surface area contributed by atoms with Crippen molar-refractivity contribution in [3.8, 4) is 0 Å². The molecule has 2 nitrogen and oxygen atoms in total. The first-order valence-corrected chi connectivity index (χ1v) is 6.83. The van der Waals surface area contributed by atoms with Gasteiger partial charge in [-0.05, 0) is 32.0 Å². The van der Waals surface area contributed by atoms with Crippen molar-refractivity contribution in [3.63, 3.8) is 0 Å². The van der Waals surface area contributed by atoms with Crippen LogP contribution in [0.3, 0.4) is 0 Å². The molecule has 0 aliphatic heterocycles. The van der Waals surface area contributed by atoms with Crippen molar-refractivity contribution in [3.05, 3.63) is 44.3 Å². The van der Waals surface area contributed by atoms with E-state index in [1.807, 2.05) is 19.1 Å². The Balaban J connectivity index is 2.12. The quantitative estimate of drug-likeness (QED) is 0.865. The molecule has 0 radical (unpaired) electrons. The van der Waals surface area contributed by atoms with Crippen LogP contribution >= 0.6 is 34.5 Å². The summed E-state index contributed by atoms with van der Waals surface area (Å²) >= 11 is 13.5. The van der Waals surface area contributed by atoms with Gasteiger partial charge in [-0.3, -0.25) is 0 Å². The van der Waals surface area contributed by atoms with E-state index >= 15 is 0 Å². The van der Waals surface area contributed by atoms with Crippen LogP contribution in [0.4, 0.5) is 5.69 Å². The number of anilines is 1. The van der Waals surface area contributed by atoms with Crippen LogP contribution < -0.4 is 5.32 Å². The number of rotatable bonds is 3. The maximum Gasteiger partial charge on any atom is 0.0898 e. The highest BCUT2D eigenvalue weighted by Gasteiger charge is 2.09. The molecule has 0 saturated heterocycles. The fourth-order valence-electron chi connectivity index (χ4n) is 1.49. The van der Waals surface area contributed by atoms with E-state index in [-0.39, 0.29) is 6.04 Å². The largest absolute Gasteiger partial charge is 0.377 e. The molecule has 0 aliphatic carbocycles. The van der Waals surface area contributed by atoms with Gasteiger partial charge < -0.3 is 5.32 Å². The normalized spacial score (nSPS) is 12.5. The van der Waals surface area contributed by atoms with Crippen molar-refractivity contribution in [2.24, 2.45) is 0 Å². The standard InChI is InChI=1S/C12H12Cl2N2S/c1-7(12-6-17-8(2)16-12)15-9-3-4-10(13)11(14)5-9/h3-7,15H,1-2H3. The molecule has 1 heterocycles. The molecule has 2 rings (SSSR count). The maximum absolute atomic E-state index is 5.96. The average Bonchev–Trinajstić information content (AvgIpc) is 2.70. The van der Waals surface area contributed by atoms with Crippen molar-refractivity contribution >= 4 is 40.2 Å². The van der Waals surface area contributed by atoms with Gasteiger partial charge in [-0.25, -0.2) is 4.98 Å². The van der Waals surface area contributed by atoms with Gasteiger partial charge in [-0.1, -0.05) is 23.2 Å². The molecule has 5 heteroatoms. The molecule has 1 N–H and O–H groups in total. The monoisotopic (exact) mass is 286 g/mol. The lowest BCUT2D eigenvalue weighted by atomic mass is 10.2. The Morgan fingerprint density at radius 1 is 1.29 bits per heavy atom. The fourth-order valence-corrected chi connectivity index (χ4v) is 2.49. The number of nitrogens with zero attached hydrogens (tertiary/aromatic N) is 1. The Kier molecular flexibility index (Phi) is 3.92. The molecular weight excluding hydrogens is 275 g/mol. The summed E-state index contributed by atoms with van der Waals surface area (Å²) in [7, 11) is 0. The second-order valence-corrected chi connectivity index (χ2v) is 5.66. The van der Waals surface area contributed by atoms with Crippen molar-refractivity contribution in [2.75, 3.05) is 5.32 Å². The Hall–Kier alpha value is -0.770. The molecule has 90 valence electrons. The van der Waals surface area contributed by atoms with Crippen molar-refractivity contribution in [1.82, 2.24) is 4.98 Å². The summed E-state index contributed by atoms with van der Waals surface area (Å²) in [5.41, 5.74) is 1.98. The van der Waals surface area contributed by atoms with E-state index < -0.39 is 0 Å². The van der Waals surface area contributed by atoms with Crippen LogP contribution in [0.15, 0.2) is 23.6 Å². The highest BCUT2D eigenvalue weighted by Crippen LogP contribution is 2.27. The number of hydrogen-bond donors (Lipinski definition) is 1. The minimum Gasteiger partial charge on any atom is -0.377 e. The molecule has 0 bridgehead atoms. The molecule has 2 aromatic rings. The van der Waals surface area contributed by atoms with E-state index in [0.717, 1.165) is 16.4 Å². The number of thiazole rings is 1. The molecule has 0 amide bonds. The molecule has 1 atom stereocenters. The number of aromatic nitrogens is 1. The summed E-state index contributed by atoms with van der Waals surface area (Å²) < 4.78 is 0. The first kappa shape index (κ1) is 12.7. The van der Waals surface area contributed by atoms with E-state index in [1.54, 1.807) is 17.4 Å². The number of aryl methyl sites for hydroxylation is 1. The average molecular weight is 287 g/mol. The second-order valence-electron chi connectivity index (χ2n) is 3.79. The van der Waals surface area contributed by atoms with Gasteiger partial charge in [0.2, 0.25) is 0 Å². The summed E-state index contributed by atoms with van der Waals surface area (Å²) in [6.07, 6.45) is 0. The number of benzene rings is 1. The summed E-state index contributed by atoms with van der Waals surface area (Å²) in [6, 6.07) is 5.66. The Morgan fingerprint density at radius 2 is 2.06 bits per heavy atom. The third-order valence-corrected chi connectivity index (χ3v) is 3.91. The van der Waals surface area contributed by atoms with Crippen molar-refractivity contribution < 1.29 is 0 Å². The van der Waals surface area contributed by atoms with Crippen LogP contribution in [0.5, 0.6) is 0 Å². The summed E-state index contributed by atoms with van der Waals surface area (Å²) in [4.78, 5) is 4.44. The summed E-state index contributed by atoms with van der Waals surface area (Å²) in [6.45, 7) is 4.07. The zero-order chi connectivity index (χ0) is 12.4. The van der Waals surface area contributed by atoms with E-state index in [1.165, 1.54) is 0 Å². The Labute approximate surface area is 115 Å². The predicted octanol–water partition coefficient (Wildman–Crippen LogP) is 4.93. The Bertz CT molecular complexity index is 525. The van der Waals surface area contributed by atoms with Crippen LogP contribution in [0, 0.1) is 6.92 Å². The van der Waals surface area contributed by atoms with Gasteiger partial charge in [0.05, 0.1) is 26.8 Å². The van der Waals surface area contributed by atoms with Gasteiger partial charge >= 0.3 is 0 Å². The number of halogens is 2. The van der Waals surface area contributed by atoms with E-state index in [0.29, 0.717) is 10.0 Å². The minimum atomic E-state index is 0.150. The molecule has 17 heavy (non-hydrogen) atoms. The van der Waals surface area contributed by atoms with E-state index in [9.17, 15) is 0 Å². The first-order valence-electron chi connectivity index (χ1n) is 5.20. The topological polar surface area (TPSA) is 24.9 Å². The van der Waals surface area contributed by atoms with Gasteiger partial charge in [0.1, 0.15) is 0 Å². The van der Waals surface area contributed by atoms with Gasteiger partial charge in [0.15, 0.2) is 0 Å². The van der Waals surface area contributed by atoms with Crippen LogP contribution in [0.1, 0.15) is 23.7 Å². The van der Waals surface area contributed by atoms with Gasteiger partial charge in [0, 0.05) is 11.1 Å². The molecule has 0 saturated carbocycles. The third kappa shape index (κ3) is 3.12. The van der Waals surface area contributed by atoms with E-state index in [2.05, 4.69) is 22.6 Å². The van der Waals surface area contributed by atoms with Crippen LogP contribution in [-0.2, 0) is 0 Å². The van der Waals surface area contributed by atoms with Gasteiger partial charge in [-0.15, -0.1) is 11.3 Å². The lowest BCUT2D eigenvalue weighted by Crippen LogP contribution is -2.06. The number of nitrogens with one attached hydrogen (secondary N) is 1. The molecule has 0 fully saturated rings. The highest BCUT2D eigenvalue weighted by molar-refractivity contribution is 7.09. The van der Waals surface area contributed by atoms with Crippen molar-refractivity contribution in [1.29, 1.82) is 0 Å². The fraction of sp³-hybridized carbons (Fsp3) is 0.250. The smallest absolute Gasteiger partial charge is 0.0898 e. The molecule has 0 aliphatic rings. The van der Waals surface area contributed by atoms with Crippen LogP contribution in [0.2, 0.25) is 10.0 Å². The second kappa shape index (κ2) is 5.25. The molecule has 1 unspecified atom stereocenters. The Morgan fingerprint density at radius 3 is 2.65 bits per heavy atom. The summed E-state index contributed by atoms with van der Waals surface area (Å²) in [5.74, 6) is 0. The van der Waals surface area contributed by atoms with Crippen LogP contribution in [0.25, 0.3) is 0 Å². The maximum atomic E-state index is 5.96. The molecular formula is C12H12Cl2N2S. The van der Waals surface area contributed by atoms with E-state index in [4.69, 9.17) is 23.2 Å². The van der Waals surface area contributed by atoms with Crippen molar-refractivity contribution in [2.45, 2.75) is 19.9 Å². The summed E-state index contributed by atoms with van der Waals surface area (Å²) in [5, 5.41) is 7.59. The van der Waals surface area contributed by atoms with Gasteiger partial charge in [-0.2, -0.15) is 0 Å². The lowest BCUT2D eigenvalue weighted by Gasteiger charge is -2.13. The molecule has 0 spiro atoms. The zero-order valence-corrected chi connectivity index (χ0v) is 11.8. The molecule has 1 aromatic carbocycles. The SMILES string of the molecule is Cc1nc(C(C)Nc2ccc(Cl)c(Cl)c2)cs1. The lowest BCUT2D eigenvalue weighted by molar-refractivity contribution is 0.845. The number of hydrogen-bond acceptors (Lipinski definition) is 3. The zero-order valence-electron chi connectivity index (χ0n) is 9.50. The molecule has 1 aromatic heterocycles. The van der Waals surface area contributed by atoms with Crippen LogP contribution in [-0.4, -0.2) is 4.98 Å². The predicted molar refractivity (Wildman–Crippen MR) is 75.4 cm³/mol.